The molecule has 1 fully saturated rings. The van der Waals surface area contributed by atoms with Gasteiger partial charge in [0, 0.05) is 5.56 Å². The van der Waals surface area contributed by atoms with Crippen LogP contribution in [0.5, 0.6) is 5.75 Å². The highest BCUT2D eigenvalue weighted by Gasteiger charge is 2.54. The topological polar surface area (TPSA) is 69.7 Å². The Morgan fingerprint density at radius 2 is 2.04 bits per heavy atom. The van der Waals surface area contributed by atoms with Gasteiger partial charge in [-0.1, -0.05) is 6.07 Å². The Balaban J connectivity index is 1.95. The van der Waals surface area contributed by atoms with Gasteiger partial charge in [-0.3, -0.25) is 9.59 Å². The van der Waals surface area contributed by atoms with Gasteiger partial charge in [0.2, 0.25) is 0 Å². The molecule has 0 bridgehead atoms. The third-order valence-corrected chi connectivity index (χ3v) is 4.61. The average molecular weight is 338 g/mol. The second-order valence-electron chi connectivity index (χ2n) is 6.07. The van der Waals surface area contributed by atoms with Crippen molar-refractivity contribution in [3.8, 4) is 5.75 Å². The zero-order chi connectivity index (χ0) is 17.5. The maximum Gasteiger partial charge on any atom is 0.387 e. The monoisotopic (exact) mass is 338 g/mol. The van der Waals surface area contributed by atoms with Gasteiger partial charge in [0.25, 0.3) is 5.78 Å². The standard InChI is InChI=1S/C17H16F2O5/c1-2-23-15(22)14(21)11-8-17(5-6-17)12-4-3-9(24-16(18)19)7-10(12)13(11)20/h3-4,7,11,16H,2,5-6,8H2,1H3. The van der Waals surface area contributed by atoms with Crippen LogP contribution < -0.4 is 4.74 Å². The molecule has 1 atom stereocenters. The molecule has 1 aromatic carbocycles. The van der Waals surface area contributed by atoms with Crippen molar-refractivity contribution in [1.82, 2.24) is 0 Å². The Kier molecular flexibility index (Phi) is 4.11. The smallest absolute Gasteiger partial charge is 0.387 e. The maximum atomic E-state index is 12.6. The molecule has 24 heavy (non-hydrogen) atoms. The molecule has 128 valence electrons. The quantitative estimate of drug-likeness (QED) is 0.469. The number of ketones is 2. The van der Waals surface area contributed by atoms with Crippen molar-refractivity contribution >= 4 is 17.5 Å². The third kappa shape index (κ3) is 2.79. The molecule has 1 unspecified atom stereocenters. The summed E-state index contributed by atoms with van der Waals surface area (Å²) in [4.78, 5) is 36.6. The minimum Gasteiger partial charge on any atom is -0.460 e. The van der Waals surface area contributed by atoms with Crippen LogP contribution in [0, 0.1) is 5.92 Å². The zero-order valence-corrected chi connectivity index (χ0v) is 13.0. The van der Waals surface area contributed by atoms with Gasteiger partial charge in [0.15, 0.2) is 5.78 Å². The number of carbonyl (C=O) groups excluding carboxylic acids is 3. The normalized spacial score (nSPS) is 20.7. The predicted octanol–water partition coefficient (Wildman–Crippen LogP) is 2.65. The van der Waals surface area contributed by atoms with E-state index in [1.807, 2.05) is 0 Å². The van der Waals surface area contributed by atoms with E-state index in [0.29, 0.717) is 0 Å². The number of fused-ring (bicyclic) bond motifs is 2. The number of esters is 1. The molecule has 1 spiro atoms. The highest BCUT2D eigenvalue weighted by molar-refractivity contribution is 6.39. The summed E-state index contributed by atoms with van der Waals surface area (Å²) in [6.45, 7) is -1.40. The number of Topliss-reactive ketones (excluding diaryl/α,β-unsaturated/α-hetero) is 2. The highest BCUT2D eigenvalue weighted by Crippen LogP contribution is 2.57. The maximum absolute atomic E-state index is 12.6. The Morgan fingerprint density at radius 3 is 2.62 bits per heavy atom. The van der Waals surface area contributed by atoms with Gasteiger partial charge in [0.05, 0.1) is 12.5 Å². The van der Waals surface area contributed by atoms with Gasteiger partial charge in [-0.05, 0) is 49.3 Å². The van der Waals surface area contributed by atoms with Crippen LogP contribution in [0.2, 0.25) is 0 Å². The van der Waals surface area contributed by atoms with E-state index < -0.39 is 30.1 Å². The molecule has 1 saturated carbocycles. The number of halogens is 2. The SMILES string of the molecule is CCOC(=O)C(=O)C1CC2(CC2)c2ccc(OC(F)F)cc2C1=O. The minimum atomic E-state index is -3.01. The van der Waals surface area contributed by atoms with Gasteiger partial charge < -0.3 is 9.47 Å². The summed E-state index contributed by atoms with van der Waals surface area (Å²) < 4.78 is 33.8. The molecule has 2 aliphatic carbocycles. The lowest BCUT2D eigenvalue weighted by Gasteiger charge is -2.29. The summed E-state index contributed by atoms with van der Waals surface area (Å²) in [5, 5.41) is 0. The van der Waals surface area contributed by atoms with Crippen molar-refractivity contribution < 1.29 is 32.6 Å². The number of carbonyl (C=O) groups is 3. The molecule has 7 heteroatoms. The van der Waals surface area contributed by atoms with Crippen LogP contribution in [0.4, 0.5) is 8.78 Å². The van der Waals surface area contributed by atoms with Crippen LogP contribution in [-0.4, -0.2) is 30.8 Å². The van der Waals surface area contributed by atoms with Gasteiger partial charge in [-0.15, -0.1) is 0 Å². The van der Waals surface area contributed by atoms with E-state index in [1.165, 1.54) is 12.1 Å². The first kappa shape index (κ1) is 16.5. The molecule has 0 aromatic heterocycles. The lowest BCUT2D eigenvalue weighted by Crippen LogP contribution is -2.38. The fraction of sp³-hybridized carbons (Fsp3) is 0.471. The Labute approximate surface area is 136 Å². The first-order chi connectivity index (χ1) is 11.4. The molecule has 0 heterocycles. The second kappa shape index (κ2) is 5.96. The van der Waals surface area contributed by atoms with Crippen LogP contribution in [0.15, 0.2) is 18.2 Å². The van der Waals surface area contributed by atoms with Gasteiger partial charge >= 0.3 is 12.6 Å². The van der Waals surface area contributed by atoms with Gasteiger partial charge in [-0.2, -0.15) is 8.78 Å². The minimum absolute atomic E-state index is 0.0413. The number of benzene rings is 1. The van der Waals surface area contributed by atoms with E-state index in [1.54, 1.807) is 13.0 Å². The molecule has 0 radical (unpaired) electrons. The Hall–Kier alpha value is -2.31. The molecule has 1 aromatic rings. The zero-order valence-electron chi connectivity index (χ0n) is 13.0. The number of ether oxygens (including phenoxy) is 2. The molecule has 2 aliphatic rings. The summed E-state index contributed by atoms with van der Waals surface area (Å²) in [5.74, 6) is -3.72. The van der Waals surface area contributed by atoms with Crippen LogP contribution in [-0.2, 0) is 19.7 Å². The van der Waals surface area contributed by atoms with Crippen LogP contribution in [0.3, 0.4) is 0 Å². The van der Waals surface area contributed by atoms with E-state index in [9.17, 15) is 23.2 Å². The van der Waals surface area contributed by atoms with Crippen LogP contribution in [0.25, 0.3) is 0 Å². The molecular weight excluding hydrogens is 322 g/mol. The predicted molar refractivity (Wildman–Crippen MR) is 78.1 cm³/mol. The summed E-state index contributed by atoms with van der Waals surface area (Å²) in [6, 6.07) is 4.23. The lowest BCUT2D eigenvalue weighted by molar-refractivity contribution is -0.154. The number of rotatable bonds is 5. The first-order valence-electron chi connectivity index (χ1n) is 7.72. The highest BCUT2D eigenvalue weighted by atomic mass is 19.3. The number of alkyl halides is 2. The summed E-state index contributed by atoms with van der Waals surface area (Å²) in [6.07, 6.45) is 1.83. The Bertz CT molecular complexity index is 709. The molecule has 0 amide bonds. The van der Waals surface area contributed by atoms with E-state index in [0.717, 1.165) is 18.4 Å². The van der Waals surface area contributed by atoms with E-state index in [2.05, 4.69) is 4.74 Å². The summed E-state index contributed by atoms with van der Waals surface area (Å²) >= 11 is 0. The van der Waals surface area contributed by atoms with E-state index in [4.69, 9.17) is 4.74 Å². The van der Waals surface area contributed by atoms with Crippen molar-refractivity contribution in [2.24, 2.45) is 5.92 Å². The third-order valence-electron chi connectivity index (χ3n) is 4.61. The molecule has 5 nitrogen and oxygen atoms in total. The van der Waals surface area contributed by atoms with Crippen molar-refractivity contribution in [2.75, 3.05) is 6.61 Å². The summed E-state index contributed by atoms with van der Waals surface area (Å²) in [7, 11) is 0. The van der Waals surface area contributed by atoms with Gasteiger partial charge in [-0.25, -0.2) is 4.79 Å². The fourth-order valence-corrected chi connectivity index (χ4v) is 3.33. The molecule has 0 saturated heterocycles. The first-order valence-corrected chi connectivity index (χ1v) is 7.72. The molecule has 0 N–H and O–H groups in total. The van der Waals surface area contributed by atoms with Gasteiger partial charge in [0.1, 0.15) is 5.75 Å². The summed E-state index contributed by atoms with van der Waals surface area (Å²) in [5.41, 5.74) is 0.584. The Morgan fingerprint density at radius 1 is 1.33 bits per heavy atom. The van der Waals surface area contributed by atoms with Crippen molar-refractivity contribution in [3.63, 3.8) is 0 Å². The molecule has 0 aliphatic heterocycles. The number of hydrogen-bond donors (Lipinski definition) is 0. The van der Waals surface area contributed by atoms with Crippen molar-refractivity contribution in [1.29, 1.82) is 0 Å². The fourth-order valence-electron chi connectivity index (χ4n) is 3.33. The average Bonchev–Trinajstić information content (AvgIpc) is 3.30. The largest absolute Gasteiger partial charge is 0.460 e. The molecular formula is C17H16F2O5. The lowest BCUT2D eigenvalue weighted by atomic mass is 9.72. The molecule has 3 rings (SSSR count). The van der Waals surface area contributed by atoms with Crippen molar-refractivity contribution in [3.05, 3.63) is 29.3 Å². The number of hydrogen-bond acceptors (Lipinski definition) is 5. The van der Waals surface area contributed by atoms with Crippen molar-refractivity contribution in [2.45, 2.75) is 38.2 Å². The second-order valence-corrected chi connectivity index (χ2v) is 6.07. The van der Waals surface area contributed by atoms with E-state index in [-0.39, 0.29) is 29.8 Å². The van der Waals surface area contributed by atoms with Crippen LogP contribution in [0.1, 0.15) is 42.1 Å². The van der Waals surface area contributed by atoms with E-state index >= 15 is 0 Å². The van der Waals surface area contributed by atoms with Crippen LogP contribution >= 0.6 is 0 Å².